The summed E-state index contributed by atoms with van der Waals surface area (Å²) >= 11 is 0. The lowest BCUT2D eigenvalue weighted by molar-refractivity contribution is -0.138. The van der Waals surface area contributed by atoms with Gasteiger partial charge in [-0.1, -0.05) is 18.2 Å². The highest BCUT2D eigenvalue weighted by molar-refractivity contribution is 5.68. The van der Waals surface area contributed by atoms with Gasteiger partial charge in [0.1, 0.15) is 5.60 Å². The van der Waals surface area contributed by atoms with Crippen LogP contribution in [0, 0.1) is 11.8 Å². The van der Waals surface area contributed by atoms with E-state index in [0.717, 1.165) is 6.07 Å². The summed E-state index contributed by atoms with van der Waals surface area (Å²) in [4.78, 5) is 13.9. The molecule has 0 N–H and O–H groups in total. The number of carbonyl (C=O) groups is 1. The molecule has 1 unspecified atom stereocenters. The van der Waals surface area contributed by atoms with Crippen LogP contribution in [0.2, 0.25) is 0 Å². The summed E-state index contributed by atoms with van der Waals surface area (Å²) in [5.74, 6) is 0.409. The molecule has 3 rings (SSSR count). The average Bonchev–Trinajstić information content (AvgIpc) is 3.03. The minimum atomic E-state index is -4.32. The summed E-state index contributed by atoms with van der Waals surface area (Å²) in [6.45, 7) is 6.62. The Bertz CT molecular complexity index is 637. The lowest BCUT2D eigenvalue weighted by atomic mass is 9.91. The van der Waals surface area contributed by atoms with Gasteiger partial charge in [-0.25, -0.2) is 4.79 Å². The smallest absolute Gasteiger partial charge is 0.416 e. The van der Waals surface area contributed by atoms with Gasteiger partial charge in [-0.05, 0) is 63.0 Å². The van der Waals surface area contributed by atoms with Gasteiger partial charge in [-0.2, -0.15) is 13.2 Å². The van der Waals surface area contributed by atoms with E-state index in [9.17, 15) is 18.0 Å². The van der Waals surface area contributed by atoms with Gasteiger partial charge in [0.15, 0.2) is 0 Å². The summed E-state index contributed by atoms with van der Waals surface area (Å²) in [5, 5.41) is 0. The van der Waals surface area contributed by atoms with E-state index in [-0.39, 0.29) is 23.8 Å². The standard InChI is InChI=1S/C19H24F3NO2/c1-18(2,3)25-17(24)23-10-13-8-12(9-14(13)11-23)15-6-4-5-7-16(15)19(20,21)22/h4-7,12-14H,8-11H2,1-3H3/t12?,13-,14+. The molecule has 1 saturated heterocycles. The second kappa shape index (κ2) is 6.22. The van der Waals surface area contributed by atoms with Crippen molar-refractivity contribution in [2.45, 2.75) is 51.3 Å². The molecular weight excluding hydrogens is 331 g/mol. The van der Waals surface area contributed by atoms with Gasteiger partial charge >= 0.3 is 12.3 Å². The lowest BCUT2D eigenvalue weighted by Crippen LogP contribution is -2.36. The zero-order valence-corrected chi connectivity index (χ0v) is 14.8. The third-order valence-electron chi connectivity index (χ3n) is 5.11. The molecule has 138 valence electrons. The highest BCUT2D eigenvalue weighted by Gasteiger charge is 2.45. The van der Waals surface area contributed by atoms with Crippen LogP contribution in [0.15, 0.2) is 24.3 Å². The minimum Gasteiger partial charge on any atom is -0.444 e. The molecule has 1 amide bonds. The largest absolute Gasteiger partial charge is 0.444 e. The Morgan fingerprint density at radius 1 is 1.08 bits per heavy atom. The van der Waals surface area contributed by atoms with Crippen molar-refractivity contribution in [1.29, 1.82) is 0 Å². The molecule has 3 atom stereocenters. The molecule has 1 saturated carbocycles. The van der Waals surface area contributed by atoms with E-state index in [1.807, 2.05) is 20.8 Å². The molecule has 1 aliphatic carbocycles. The molecule has 25 heavy (non-hydrogen) atoms. The van der Waals surface area contributed by atoms with Crippen molar-refractivity contribution in [1.82, 2.24) is 4.90 Å². The Hall–Kier alpha value is -1.72. The van der Waals surface area contributed by atoms with Crippen LogP contribution in [-0.2, 0) is 10.9 Å². The summed E-state index contributed by atoms with van der Waals surface area (Å²) < 4.78 is 45.1. The van der Waals surface area contributed by atoms with Crippen LogP contribution in [0.5, 0.6) is 0 Å². The van der Waals surface area contributed by atoms with Crippen molar-refractivity contribution in [3.63, 3.8) is 0 Å². The number of carbonyl (C=O) groups excluding carboxylic acids is 1. The first kappa shape index (κ1) is 18.1. The summed E-state index contributed by atoms with van der Waals surface area (Å²) in [6.07, 6.45) is -3.26. The number of hydrogen-bond acceptors (Lipinski definition) is 2. The number of alkyl halides is 3. The third-order valence-corrected chi connectivity index (χ3v) is 5.11. The minimum absolute atomic E-state index is 0.0892. The van der Waals surface area contributed by atoms with Gasteiger partial charge in [0.2, 0.25) is 0 Å². The quantitative estimate of drug-likeness (QED) is 0.704. The lowest BCUT2D eigenvalue weighted by Gasteiger charge is -2.25. The Balaban J connectivity index is 1.68. The maximum atomic E-state index is 13.2. The molecule has 0 bridgehead atoms. The SMILES string of the molecule is CC(C)(C)OC(=O)N1C[C@H]2CC(c3ccccc3C(F)(F)F)C[C@H]2C1. The van der Waals surface area contributed by atoms with E-state index in [1.165, 1.54) is 6.07 Å². The normalized spacial score (nSPS) is 26.6. The molecule has 0 aromatic heterocycles. The van der Waals surface area contributed by atoms with E-state index >= 15 is 0 Å². The van der Waals surface area contributed by atoms with Crippen molar-refractivity contribution in [2.24, 2.45) is 11.8 Å². The number of likely N-dealkylation sites (tertiary alicyclic amines) is 1. The molecule has 2 aliphatic rings. The van der Waals surface area contributed by atoms with Crippen LogP contribution in [0.3, 0.4) is 0 Å². The molecule has 1 aliphatic heterocycles. The number of halogens is 3. The monoisotopic (exact) mass is 355 g/mol. The third kappa shape index (κ3) is 3.93. The number of hydrogen-bond donors (Lipinski definition) is 0. The number of rotatable bonds is 1. The molecule has 1 heterocycles. The number of ether oxygens (including phenoxy) is 1. The Labute approximate surface area is 146 Å². The first-order chi connectivity index (χ1) is 11.5. The maximum Gasteiger partial charge on any atom is 0.416 e. The first-order valence-electron chi connectivity index (χ1n) is 8.68. The molecule has 1 aromatic rings. The van der Waals surface area contributed by atoms with E-state index in [2.05, 4.69) is 0 Å². The van der Waals surface area contributed by atoms with E-state index < -0.39 is 17.3 Å². The molecule has 1 aromatic carbocycles. The fourth-order valence-electron chi connectivity index (χ4n) is 4.14. The van der Waals surface area contributed by atoms with Gasteiger partial charge in [-0.3, -0.25) is 0 Å². The van der Waals surface area contributed by atoms with Gasteiger partial charge in [0.25, 0.3) is 0 Å². The van der Waals surface area contributed by atoms with Gasteiger partial charge in [-0.15, -0.1) is 0 Å². The van der Waals surface area contributed by atoms with Gasteiger partial charge < -0.3 is 9.64 Å². The predicted molar refractivity (Wildman–Crippen MR) is 88.2 cm³/mol. The van der Waals surface area contributed by atoms with Crippen molar-refractivity contribution < 1.29 is 22.7 Å². The van der Waals surface area contributed by atoms with Gasteiger partial charge in [0.05, 0.1) is 5.56 Å². The van der Waals surface area contributed by atoms with Crippen molar-refractivity contribution in [3.05, 3.63) is 35.4 Å². The summed E-state index contributed by atoms with van der Waals surface area (Å²) in [5.41, 5.74) is -0.666. The van der Waals surface area contributed by atoms with Crippen LogP contribution in [-0.4, -0.2) is 29.7 Å². The van der Waals surface area contributed by atoms with Crippen molar-refractivity contribution in [3.8, 4) is 0 Å². The topological polar surface area (TPSA) is 29.5 Å². The second-order valence-electron chi connectivity index (χ2n) is 8.16. The molecule has 0 spiro atoms. The molecule has 3 nitrogen and oxygen atoms in total. The van der Waals surface area contributed by atoms with E-state index in [4.69, 9.17) is 4.74 Å². The zero-order valence-electron chi connectivity index (χ0n) is 14.8. The van der Waals surface area contributed by atoms with Crippen molar-refractivity contribution >= 4 is 6.09 Å². The van der Waals surface area contributed by atoms with Crippen molar-refractivity contribution in [2.75, 3.05) is 13.1 Å². The number of nitrogens with zero attached hydrogens (tertiary/aromatic N) is 1. The second-order valence-corrected chi connectivity index (χ2v) is 8.16. The van der Waals surface area contributed by atoms with Crippen LogP contribution >= 0.6 is 0 Å². The first-order valence-corrected chi connectivity index (χ1v) is 8.68. The Morgan fingerprint density at radius 2 is 1.64 bits per heavy atom. The van der Waals surface area contributed by atoms with Crippen LogP contribution in [0.25, 0.3) is 0 Å². The van der Waals surface area contributed by atoms with E-state index in [1.54, 1.807) is 17.0 Å². The molecular formula is C19H24F3NO2. The summed E-state index contributed by atoms with van der Waals surface area (Å²) in [7, 11) is 0. The maximum absolute atomic E-state index is 13.2. The summed E-state index contributed by atoms with van der Waals surface area (Å²) in [6, 6.07) is 5.87. The molecule has 6 heteroatoms. The Kier molecular flexibility index (Phi) is 4.50. The average molecular weight is 355 g/mol. The zero-order chi connectivity index (χ0) is 18.4. The molecule has 0 radical (unpaired) electrons. The number of fused-ring (bicyclic) bond motifs is 1. The number of amides is 1. The fraction of sp³-hybridized carbons (Fsp3) is 0.632. The highest BCUT2D eigenvalue weighted by atomic mass is 19.4. The predicted octanol–water partition coefficient (Wildman–Crippen LogP) is 5.07. The van der Waals surface area contributed by atoms with E-state index in [0.29, 0.717) is 31.5 Å². The number of benzene rings is 1. The van der Waals surface area contributed by atoms with Crippen LogP contribution in [0.1, 0.15) is 50.7 Å². The van der Waals surface area contributed by atoms with Crippen LogP contribution < -0.4 is 0 Å². The fourth-order valence-corrected chi connectivity index (χ4v) is 4.14. The van der Waals surface area contributed by atoms with Crippen LogP contribution in [0.4, 0.5) is 18.0 Å². The molecule has 2 fully saturated rings. The Morgan fingerprint density at radius 3 is 2.16 bits per heavy atom. The van der Waals surface area contributed by atoms with Gasteiger partial charge in [0, 0.05) is 13.1 Å². The highest BCUT2D eigenvalue weighted by Crippen LogP contribution is 2.48.